The summed E-state index contributed by atoms with van der Waals surface area (Å²) in [6.07, 6.45) is 3.65. The van der Waals surface area contributed by atoms with Crippen molar-refractivity contribution in [2.45, 2.75) is 64.9 Å². The summed E-state index contributed by atoms with van der Waals surface area (Å²) in [4.78, 5) is 26.7. The largest absolute Gasteiger partial charge is 0.478 e. The van der Waals surface area contributed by atoms with Crippen LogP contribution in [0.5, 0.6) is 0 Å². The van der Waals surface area contributed by atoms with E-state index in [2.05, 4.69) is 5.32 Å². The fourth-order valence-electron chi connectivity index (χ4n) is 5.06. The molecule has 0 aromatic heterocycles. The van der Waals surface area contributed by atoms with Crippen LogP contribution in [0.2, 0.25) is 0 Å². The van der Waals surface area contributed by atoms with Crippen LogP contribution >= 0.6 is 0 Å². The van der Waals surface area contributed by atoms with E-state index in [1.54, 1.807) is 17.9 Å². The van der Waals surface area contributed by atoms with Gasteiger partial charge in [-0.25, -0.2) is 9.59 Å². The number of anilines is 1. The molecule has 2 unspecified atom stereocenters. The zero-order valence-corrected chi connectivity index (χ0v) is 22.8. The molecule has 1 saturated carbocycles. The van der Waals surface area contributed by atoms with Gasteiger partial charge in [0.25, 0.3) is 0 Å². The topological polar surface area (TPSA) is 88.1 Å². The number of carbonyl (C=O) groups is 2. The molecule has 0 heterocycles. The first-order valence-corrected chi connectivity index (χ1v) is 13.6. The second-order valence-electron chi connectivity index (χ2n) is 10.2. The Kier molecular flexibility index (Phi) is 10.1. The highest BCUT2D eigenvalue weighted by Gasteiger charge is 2.25. The van der Waals surface area contributed by atoms with Gasteiger partial charge in [-0.3, -0.25) is 0 Å². The van der Waals surface area contributed by atoms with E-state index >= 15 is 0 Å². The Balaban J connectivity index is 1.31. The van der Waals surface area contributed by atoms with E-state index in [1.807, 2.05) is 73.7 Å². The molecule has 7 nitrogen and oxygen atoms in total. The van der Waals surface area contributed by atoms with Gasteiger partial charge in [-0.1, -0.05) is 66.7 Å². The number of carboxylic acids is 1. The first-order chi connectivity index (χ1) is 18.9. The summed E-state index contributed by atoms with van der Waals surface area (Å²) in [5.41, 5.74) is 4.62. The third-order valence-corrected chi connectivity index (χ3v) is 7.23. The number of benzene rings is 3. The minimum Gasteiger partial charge on any atom is -0.478 e. The molecular weight excluding hydrogens is 492 g/mol. The van der Waals surface area contributed by atoms with Crippen molar-refractivity contribution in [3.8, 4) is 0 Å². The molecular formula is C32H38N2O5. The molecule has 2 N–H and O–H groups in total. The lowest BCUT2D eigenvalue weighted by molar-refractivity contribution is -0.0524. The third kappa shape index (κ3) is 8.15. The number of carbonyl (C=O) groups excluding carboxylic acids is 1. The summed E-state index contributed by atoms with van der Waals surface area (Å²) in [6, 6.07) is 23.0. The zero-order chi connectivity index (χ0) is 27.6. The molecule has 0 spiro atoms. The Labute approximate surface area is 230 Å². The maximum Gasteiger partial charge on any atom is 0.336 e. The molecule has 39 heavy (non-hydrogen) atoms. The summed E-state index contributed by atoms with van der Waals surface area (Å²) >= 11 is 0. The van der Waals surface area contributed by atoms with Crippen LogP contribution in [-0.2, 0) is 22.6 Å². The Bertz CT molecular complexity index is 1250. The number of hydrogen-bond acceptors (Lipinski definition) is 4. The van der Waals surface area contributed by atoms with Crippen molar-refractivity contribution in [2.75, 3.05) is 18.5 Å². The van der Waals surface area contributed by atoms with Gasteiger partial charge in [0.1, 0.15) is 0 Å². The first kappa shape index (κ1) is 28.3. The van der Waals surface area contributed by atoms with E-state index in [0.717, 1.165) is 48.1 Å². The van der Waals surface area contributed by atoms with Gasteiger partial charge in [0, 0.05) is 18.8 Å². The van der Waals surface area contributed by atoms with Crippen molar-refractivity contribution in [3.63, 3.8) is 0 Å². The molecule has 1 fully saturated rings. The maximum absolute atomic E-state index is 13.2. The molecule has 0 saturated heterocycles. The van der Waals surface area contributed by atoms with Crippen LogP contribution < -0.4 is 5.32 Å². The van der Waals surface area contributed by atoms with Crippen LogP contribution in [-0.4, -0.2) is 47.4 Å². The minimum absolute atomic E-state index is 0.00989. The summed E-state index contributed by atoms with van der Waals surface area (Å²) in [5, 5.41) is 12.6. The average molecular weight is 531 g/mol. The SMILES string of the molecule is Cc1ccccc1NC(=O)N(CCOC1CCCC(OCc2cccc(C)c2C(=O)O)C1)Cc1ccccc1. The summed E-state index contributed by atoms with van der Waals surface area (Å²) in [6.45, 7) is 5.42. The van der Waals surface area contributed by atoms with Crippen molar-refractivity contribution >= 4 is 17.7 Å². The van der Waals surface area contributed by atoms with Crippen LogP contribution in [0.4, 0.5) is 10.5 Å². The molecule has 0 aliphatic heterocycles. The molecule has 1 aliphatic carbocycles. The van der Waals surface area contributed by atoms with E-state index in [0.29, 0.717) is 30.8 Å². The van der Waals surface area contributed by atoms with E-state index in [9.17, 15) is 14.7 Å². The molecule has 3 aromatic rings. The molecule has 4 rings (SSSR count). The van der Waals surface area contributed by atoms with Gasteiger partial charge in [-0.05, 0) is 67.9 Å². The fraction of sp³-hybridized carbons (Fsp3) is 0.375. The van der Waals surface area contributed by atoms with Crippen LogP contribution in [0.1, 0.15) is 58.3 Å². The standard InChI is InChI=1S/C32H38N2O5/c1-23-10-6-7-17-29(23)33-32(37)34(21-25-12-4-3-5-13-25)18-19-38-27-15-9-16-28(20-27)39-22-26-14-8-11-24(2)30(26)31(35)36/h3-8,10-14,17,27-28H,9,15-16,18-22H2,1-2H3,(H,33,37)(H,35,36). The highest BCUT2D eigenvalue weighted by atomic mass is 16.5. The van der Waals surface area contributed by atoms with Gasteiger partial charge in [-0.2, -0.15) is 0 Å². The lowest BCUT2D eigenvalue weighted by atomic mass is 9.94. The quantitative estimate of drug-likeness (QED) is 0.292. The Morgan fingerprint density at radius 3 is 2.33 bits per heavy atom. The summed E-state index contributed by atoms with van der Waals surface area (Å²) in [5.74, 6) is -0.928. The normalized spacial score (nSPS) is 17.0. The Morgan fingerprint density at radius 2 is 1.59 bits per heavy atom. The van der Waals surface area contributed by atoms with Gasteiger partial charge in [0.15, 0.2) is 0 Å². The molecule has 0 bridgehead atoms. The number of para-hydroxylation sites is 1. The number of rotatable bonds is 11. The Hall–Kier alpha value is -3.68. The van der Waals surface area contributed by atoms with Gasteiger partial charge < -0.3 is 24.8 Å². The van der Waals surface area contributed by atoms with Crippen LogP contribution in [0.25, 0.3) is 0 Å². The number of nitrogens with zero attached hydrogens (tertiary/aromatic N) is 1. The van der Waals surface area contributed by atoms with Gasteiger partial charge >= 0.3 is 12.0 Å². The van der Waals surface area contributed by atoms with Crippen molar-refractivity contribution in [1.29, 1.82) is 0 Å². The zero-order valence-electron chi connectivity index (χ0n) is 22.8. The highest BCUT2D eigenvalue weighted by molar-refractivity contribution is 5.91. The number of amides is 2. The highest BCUT2D eigenvalue weighted by Crippen LogP contribution is 2.26. The monoisotopic (exact) mass is 530 g/mol. The van der Waals surface area contributed by atoms with Crippen molar-refractivity contribution in [2.24, 2.45) is 0 Å². The van der Waals surface area contributed by atoms with E-state index in [1.165, 1.54) is 0 Å². The second-order valence-corrected chi connectivity index (χ2v) is 10.2. The lowest BCUT2D eigenvalue weighted by Crippen LogP contribution is -2.38. The number of hydrogen-bond donors (Lipinski definition) is 2. The van der Waals surface area contributed by atoms with Gasteiger partial charge in [0.05, 0.1) is 31.0 Å². The number of aryl methyl sites for hydroxylation is 2. The van der Waals surface area contributed by atoms with Gasteiger partial charge in [0.2, 0.25) is 0 Å². The summed E-state index contributed by atoms with van der Waals surface area (Å²) < 4.78 is 12.4. The van der Waals surface area contributed by atoms with Crippen molar-refractivity contribution in [1.82, 2.24) is 4.90 Å². The third-order valence-electron chi connectivity index (χ3n) is 7.23. The number of urea groups is 1. The van der Waals surface area contributed by atoms with Crippen molar-refractivity contribution < 1.29 is 24.2 Å². The molecule has 206 valence electrons. The number of carboxylic acid groups (broad SMARTS) is 1. The Morgan fingerprint density at radius 1 is 0.897 bits per heavy atom. The molecule has 2 atom stereocenters. The first-order valence-electron chi connectivity index (χ1n) is 13.6. The minimum atomic E-state index is -0.928. The number of nitrogens with one attached hydrogen (secondary N) is 1. The molecule has 0 radical (unpaired) electrons. The van der Waals surface area contributed by atoms with Crippen LogP contribution in [0.3, 0.4) is 0 Å². The number of ether oxygens (including phenoxy) is 2. The van der Waals surface area contributed by atoms with E-state index < -0.39 is 5.97 Å². The second kappa shape index (κ2) is 13.9. The maximum atomic E-state index is 13.2. The summed E-state index contributed by atoms with van der Waals surface area (Å²) in [7, 11) is 0. The molecule has 3 aromatic carbocycles. The van der Waals surface area contributed by atoms with Crippen LogP contribution in [0.15, 0.2) is 72.8 Å². The predicted octanol–water partition coefficient (Wildman–Crippen LogP) is 6.58. The van der Waals surface area contributed by atoms with E-state index in [4.69, 9.17) is 9.47 Å². The molecule has 7 heteroatoms. The number of aromatic carboxylic acids is 1. The fourth-order valence-corrected chi connectivity index (χ4v) is 5.06. The van der Waals surface area contributed by atoms with Crippen LogP contribution in [0, 0.1) is 13.8 Å². The predicted molar refractivity (Wildman–Crippen MR) is 152 cm³/mol. The molecule has 2 amide bonds. The smallest absolute Gasteiger partial charge is 0.336 e. The van der Waals surface area contributed by atoms with E-state index in [-0.39, 0.29) is 24.8 Å². The van der Waals surface area contributed by atoms with Gasteiger partial charge in [-0.15, -0.1) is 0 Å². The van der Waals surface area contributed by atoms with Crippen molar-refractivity contribution in [3.05, 3.63) is 101 Å². The lowest BCUT2D eigenvalue weighted by Gasteiger charge is -2.30. The average Bonchev–Trinajstić information content (AvgIpc) is 2.93. The molecule has 1 aliphatic rings.